The molecule has 0 aromatic heterocycles. The van der Waals surface area contributed by atoms with Gasteiger partial charge in [0, 0.05) is 45.9 Å². The number of nitrogens with zero attached hydrogens (tertiary/aromatic N) is 2. The second kappa shape index (κ2) is 9.23. The van der Waals surface area contributed by atoms with Crippen LogP contribution < -0.4 is 0 Å². The molecule has 0 unspecified atom stereocenters. The zero-order chi connectivity index (χ0) is 15.7. The third kappa shape index (κ3) is 8.24. The van der Waals surface area contributed by atoms with E-state index in [-0.39, 0.29) is 12.7 Å². The first-order chi connectivity index (χ1) is 9.92. The molecule has 6 heteroatoms. The van der Waals surface area contributed by atoms with Gasteiger partial charge in [-0.3, -0.25) is 4.90 Å². The van der Waals surface area contributed by atoms with Crippen LogP contribution in [0.3, 0.4) is 0 Å². The summed E-state index contributed by atoms with van der Waals surface area (Å²) in [6, 6.07) is 0. The highest BCUT2D eigenvalue weighted by Crippen LogP contribution is 2.11. The summed E-state index contributed by atoms with van der Waals surface area (Å²) in [6.07, 6.45) is 1.49. The van der Waals surface area contributed by atoms with Gasteiger partial charge in [-0.1, -0.05) is 0 Å². The minimum Gasteiger partial charge on any atom is -0.444 e. The van der Waals surface area contributed by atoms with Crippen LogP contribution in [-0.4, -0.2) is 79.1 Å². The Labute approximate surface area is 128 Å². The number of aliphatic hydroxyl groups is 1. The molecule has 0 saturated carbocycles. The molecule has 1 aliphatic heterocycles. The molecule has 124 valence electrons. The number of ether oxygens (including phenoxy) is 2. The maximum absolute atomic E-state index is 11.9. The van der Waals surface area contributed by atoms with E-state index < -0.39 is 5.60 Å². The Balaban J connectivity index is 2.10. The van der Waals surface area contributed by atoms with E-state index in [1.807, 2.05) is 20.8 Å². The number of rotatable bonds is 7. The average Bonchev–Trinajstić information content (AvgIpc) is 2.41. The number of carbonyl (C=O) groups is 1. The molecule has 21 heavy (non-hydrogen) atoms. The Kier molecular flexibility index (Phi) is 8.00. The van der Waals surface area contributed by atoms with E-state index in [0.717, 1.165) is 32.5 Å². The van der Waals surface area contributed by atoms with Gasteiger partial charge in [-0.2, -0.15) is 0 Å². The van der Waals surface area contributed by atoms with Crippen molar-refractivity contribution in [3.05, 3.63) is 0 Å². The van der Waals surface area contributed by atoms with E-state index in [9.17, 15) is 4.79 Å². The van der Waals surface area contributed by atoms with Gasteiger partial charge in [0.1, 0.15) is 5.60 Å². The lowest BCUT2D eigenvalue weighted by Gasteiger charge is -2.35. The first-order valence-electron chi connectivity index (χ1n) is 7.81. The minimum atomic E-state index is -0.434. The molecule has 1 fully saturated rings. The largest absolute Gasteiger partial charge is 0.444 e. The van der Waals surface area contributed by atoms with Crippen molar-refractivity contribution < 1.29 is 19.4 Å². The molecule has 0 atom stereocenters. The third-order valence-electron chi connectivity index (χ3n) is 3.27. The number of unbranched alkanes of at least 4 members (excludes halogenated alkanes) is 1. The maximum Gasteiger partial charge on any atom is 0.410 e. The van der Waals surface area contributed by atoms with Crippen LogP contribution in [0.25, 0.3) is 0 Å². The molecule has 0 aliphatic carbocycles. The Morgan fingerprint density at radius 1 is 1.10 bits per heavy atom. The zero-order valence-electron chi connectivity index (χ0n) is 13.6. The molecule has 1 rings (SSSR count). The summed E-state index contributed by atoms with van der Waals surface area (Å²) in [6.45, 7) is 11.3. The number of hydrogen-bond acceptors (Lipinski definition) is 5. The van der Waals surface area contributed by atoms with E-state index in [1.54, 1.807) is 4.90 Å². The molecule has 6 nitrogen and oxygen atoms in total. The molecule has 0 spiro atoms. The highest BCUT2D eigenvalue weighted by Gasteiger charge is 2.25. The predicted octanol–water partition coefficient (Wildman–Crippen LogP) is 1.33. The minimum absolute atomic E-state index is 0.220. The number of carbonyl (C=O) groups excluding carboxylic acids is 1. The lowest BCUT2D eigenvalue weighted by Crippen LogP contribution is -2.50. The average molecular weight is 302 g/mol. The van der Waals surface area contributed by atoms with Crippen LogP contribution in [0, 0.1) is 0 Å². The van der Waals surface area contributed by atoms with Gasteiger partial charge in [-0.25, -0.2) is 4.79 Å². The summed E-state index contributed by atoms with van der Waals surface area (Å²) in [7, 11) is 0. The quantitative estimate of drug-likeness (QED) is 0.719. The molecule has 0 bridgehead atoms. The summed E-state index contributed by atoms with van der Waals surface area (Å²) >= 11 is 0. The first-order valence-corrected chi connectivity index (χ1v) is 7.81. The van der Waals surface area contributed by atoms with Crippen LogP contribution >= 0.6 is 0 Å². The summed E-state index contributed by atoms with van der Waals surface area (Å²) in [4.78, 5) is 16.0. The molecular weight excluding hydrogens is 272 g/mol. The fourth-order valence-corrected chi connectivity index (χ4v) is 2.09. The van der Waals surface area contributed by atoms with Gasteiger partial charge in [0.2, 0.25) is 0 Å². The van der Waals surface area contributed by atoms with Crippen molar-refractivity contribution in [2.24, 2.45) is 0 Å². The number of amides is 1. The van der Waals surface area contributed by atoms with Gasteiger partial charge in [0.05, 0.1) is 6.61 Å². The standard InChI is InChI=1S/C15H30N2O4/c1-15(2,3)21-14(19)17-8-6-16(7-9-17)10-13-20-12-5-4-11-18/h18H,4-13H2,1-3H3. The van der Waals surface area contributed by atoms with Crippen molar-refractivity contribution in [1.82, 2.24) is 9.80 Å². The molecule has 0 radical (unpaired) electrons. The van der Waals surface area contributed by atoms with Gasteiger partial charge >= 0.3 is 6.09 Å². The Hall–Kier alpha value is -0.850. The first kappa shape index (κ1) is 18.2. The van der Waals surface area contributed by atoms with E-state index >= 15 is 0 Å². The number of piperazine rings is 1. The van der Waals surface area contributed by atoms with E-state index in [2.05, 4.69) is 4.90 Å². The summed E-state index contributed by atoms with van der Waals surface area (Å²) in [5.74, 6) is 0. The van der Waals surface area contributed by atoms with E-state index in [4.69, 9.17) is 14.6 Å². The maximum atomic E-state index is 11.9. The fraction of sp³-hybridized carbons (Fsp3) is 0.933. The summed E-state index contributed by atoms with van der Waals surface area (Å²) in [5.41, 5.74) is -0.434. The van der Waals surface area contributed by atoms with Crippen molar-refractivity contribution >= 4 is 6.09 Å². The fourth-order valence-electron chi connectivity index (χ4n) is 2.09. The number of hydrogen-bond donors (Lipinski definition) is 1. The molecule has 1 saturated heterocycles. The summed E-state index contributed by atoms with van der Waals surface area (Å²) < 4.78 is 10.9. The Bertz CT molecular complexity index is 297. The topological polar surface area (TPSA) is 62.2 Å². The Morgan fingerprint density at radius 3 is 2.33 bits per heavy atom. The highest BCUT2D eigenvalue weighted by molar-refractivity contribution is 5.68. The van der Waals surface area contributed by atoms with Crippen molar-refractivity contribution in [1.29, 1.82) is 0 Å². The molecule has 1 N–H and O–H groups in total. The SMILES string of the molecule is CC(C)(C)OC(=O)N1CCN(CCOCCCCO)CC1. The van der Waals surface area contributed by atoms with Gasteiger partial charge in [-0.05, 0) is 33.6 Å². The molecular formula is C15H30N2O4. The van der Waals surface area contributed by atoms with E-state index in [1.165, 1.54) is 0 Å². The second-order valence-electron chi connectivity index (χ2n) is 6.35. The predicted molar refractivity (Wildman–Crippen MR) is 81.4 cm³/mol. The van der Waals surface area contributed by atoms with Crippen molar-refractivity contribution in [2.45, 2.75) is 39.2 Å². The van der Waals surface area contributed by atoms with Gasteiger partial charge in [-0.15, -0.1) is 0 Å². The van der Waals surface area contributed by atoms with Crippen LogP contribution in [0.5, 0.6) is 0 Å². The smallest absolute Gasteiger partial charge is 0.410 e. The third-order valence-corrected chi connectivity index (χ3v) is 3.27. The highest BCUT2D eigenvalue weighted by atomic mass is 16.6. The van der Waals surface area contributed by atoms with Crippen molar-refractivity contribution in [3.63, 3.8) is 0 Å². The van der Waals surface area contributed by atoms with Crippen LogP contribution in [0.2, 0.25) is 0 Å². The van der Waals surface area contributed by atoms with Crippen LogP contribution in [0.1, 0.15) is 33.6 Å². The summed E-state index contributed by atoms with van der Waals surface area (Å²) in [5, 5.41) is 8.66. The van der Waals surface area contributed by atoms with Crippen molar-refractivity contribution in [3.8, 4) is 0 Å². The van der Waals surface area contributed by atoms with Gasteiger partial charge < -0.3 is 19.5 Å². The van der Waals surface area contributed by atoms with Crippen LogP contribution in [-0.2, 0) is 9.47 Å². The molecule has 0 aromatic rings. The van der Waals surface area contributed by atoms with Gasteiger partial charge in [0.25, 0.3) is 0 Å². The second-order valence-corrected chi connectivity index (χ2v) is 6.35. The molecule has 0 aromatic carbocycles. The van der Waals surface area contributed by atoms with Gasteiger partial charge in [0.15, 0.2) is 0 Å². The molecule has 1 aliphatic rings. The molecule has 1 heterocycles. The lowest BCUT2D eigenvalue weighted by atomic mass is 10.2. The number of aliphatic hydroxyl groups excluding tert-OH is 1. The Morgan fingerprint density at radius 2 is 1.76 bits per heavy atom. The van der Waals surface area contributed by atoms with E-state index in [0.29, 0.717) is 26.3 Å². The van der Waals surface area contributed by atoms with Crippen LogP contribution in [0.15, 0.2) is 0 Å². The lowest BCUT2D eigenvalue weighted by molar-refractivity contribution is 0.0114. The molecule has 1 amide bonds. The van der Waals surface area contributed by atoms with Crippen LogP contribution in [0.4, 0.5) is 4.79 Å². The van der Waals surface area contributed by atoms with Crippen molar-refractivity contribution in [2.75, 3.05) is 52.5 Å². The normalized spacial score (nSPS) is 17.0. The zero-order valence-corrected chi connectivity index (χ0v) is 13.6. The monoisotopic (exact) mass is 302 g/mol.